The minimum atomic E-state index is -4.52. The third-order valence-corrected chi connectivity index (χ3v) is 3.76. The first-order valence-corrected chi connectivity index (χ1v) is 7.23. The molecule has 1 saturated carbocycles. The van der Waals surface area contributed by atoms with Crippen molar-refractivity contribution in [3.8, 4) is 0 Å². The molecular formula is C14H16F3N5O. The molecule has 1 amide bonds. The Morgan fingerprint density at radius 1 is 1.39 bits per heavy atom. The molecule has 0 aromatic carbocycles. The standard InChI is InChI=1S/C14H16F3N5O/c1-8(13(23)18-12-5-6-21(2)20-12)22-10(9-3-4-9)7-11(19-22)14(15,16)17/h5-9H,3-4H2,1-2H3,(H,18,20,23). The van der Waals surface area contributed by atoms with Crippen molar-refractivity contribution < 1.29 is 18.0 Å². The lowest BCUT2D eigenvalue weighted by Gasteiger charge is -2.14. The van der Waals surface area contributed by atoms with Crippen LogP contribution in [0.1, 0.15) is 43.1 Å². The van der Waals surface area contributed by atoms with Crippen LogP contribution in [0.4, 0.5) is 19.0 Å². The van der Waals surface area contributed by atoms with E-state index in [4.69, 9.17) is 0 Å². The fourth-order valence-electron chi connectivity index (χ4n) is 2.37. The molecule has 0 saturated heterocycles. The second-order valence-corrected chi connectivity index (χ2v) is 5.71. The van der Waals surface area contributed by atoms with Crippen LogP contribution >= 0.6 is 0 Å². The van der Waals surface area contributed by atoms with Crippen LogP contribution in [0.3, 0.4) is 0 Å². The molecule has 23 heavy (non-hydrogen) atoms. The van der Waals surface area contributed by atoms with E-state index in [1.807, 2.05) is 0 Å². The van der Waals surface area contributed by atoms with Gasteiger partial charge in [0.1, 0.15) is 6.04 Å². The Balaban J connectivity index is 1.84. The molecule has 1 fully saturated rings. The highest BCUT2D eigenvalue weighted by Gasteiger charge is 2.39. The monoisotopic (exact) mass is 327 g/mol. The molecule has 9 heteroatoms. The lowest BCUT2D eigenvalue weighted by atomic mass is 10.2. The van der Waals surface area contributed by atoms with E-state index in [-0.39, 0.29) is 5.92 Å². The summed E-state index contributed by atoms with van der Waals surface area (Å²) in [6.45, 7) is 1.53. The summed E-state index contributed by atoms with van der Waals surface area (Å²) in [4.78, 5) is 12.3. The summed E-state index contributed by atoms with van der Waals surface area (Å²) in [6.07, 6.45) is -1.23. The van der Waals surface area contributed by atoms with Crippen molar-refractivity contribution in [1.29, 1.82) is 0 Å². The maximum atomic E-state index is 12.9. The molecule has 3 rings (SSSR count). The summed E-state index contributed by atoms with van der Waals surface area (Å²) in [5.41, 5.74) is -0.502. The molecule has 0 radical (unpaired) electrons. The lowest BCUT2D eigenvalue weighted by Crippen LogP contribution is -2.26. The van der Waals surface area contributed by atoms with E-state index < -0.39 is 23.8 Å². The van der Waals surface area contributed by atoms with Crippen molar-refractivity contribution in [2.75, 3.05) is 5.32 Å². The Kier molecular flexibility index (Phi) is 3.65. The zero-order valence-electron chi connectivity index (χ0n) is 12.6. The molecule has 2 aromatic heterocycles. The number of anilines is 1. The second-order valence-electron chi connectivity index (χ2n) is 5.71. The predicted octanol–water partition coefficient (Wildman–Crippen LogP) is 2.71. The molecule has 2 heterocycles. The van der Waals surface area contributed by atoms with Crippen LogP contribution in [-0.4, -0.2) is 25.5 Å². The van der Waals surface area contributed by atoms with Crippen molar-refractivity contribution in [3.05, 3.63) is 29.7 Å². The third kappa shape index (κ3) is 3.22. The number of rotatable bonds is 4. The Hall–Kier alpha value is -2.32. The Morgan fingerprint density at radius 2 is 2.09 bits per heavy atom. The van der Waals surface area contributed by atoms with Crippen LogP contribution < -0.4 is 5.32 Å². The van der Waals surface area contributed by atoms with Crippen LogP contribution in [0, 0.1) is 0 Å². The third-order valence-electron chi connectivity index (χ3n) is 3.76. The van der Waals surface area contributed by atoms with Gasteiger partial charge in [-0.15, -0.1) is 0 Å². The van der Waals surface area contributed by atoms with Gasteiger partial charge in [-0.3, -0.25) is 14.2 Å². The van der Waals surface area contributed by atoms with Crippen molar-refractivity contribution in [1.82, 2.24) is 19.6 Å². The fraction of sp³-hybridized carbons (Fsp3) is 0.500. The van der Waals surface area contributed by atoms with E-state index in [9.17, 15) is 18.0 Å². The van der Waals surface area contributed by atoms with Crippen LogP contribution in [-0.2, 0) is 18.0 Å². The van der Waals surface area contributed by atoms with Gasteiger partial charge in [0, 0.05) is 30.9 Å². The highest BCUT2D eigenvalue weighted by atomic mass is 19.4. The summed E-state index contributed by atoms with van der Waals surface area (Å²) in [7, 11) is 1.70. The maximum absolute atomic E-state index is 12.9. The predicted molar refractivity (Wildman–Crippen MR) is 75.8 cm³/mol. The number of aryl methyl sites for hydroxylation is 1. The topological polar surface area (TPSA) is 64.7 Å². The van der Waals surface area contributed by atoms with E-state index >= 15 is 0 Å². The average Bonchev–Trinajstić information content (AvgIpc) is 3.07. The van der Waals surface area contributed by atoms with E-state index in [2.05, 4.69) is 15.5 Å². The largest absolute Gasteiger partial charge is 0.435 e. The SMILES string of the molecule is CC(C(=O)Nc1ccn(C)n1)n1nc(C(F)(F)F)cc1C1CC1. The molecule has 6 nitrogen and oxygen atoms in total. The minimum absolute atomic E-state index is 0.0451. The summed E-state index contributed by atoms with van der Waals surface area (Å²) >= 11 is 0. The van der Waals surface area contributed by atoms with Crippen LogP contribution in [0.2, 0.25) is 0 Å². The van der Waals surface area contributed by atoms with Gasteiger partial charge in [-0.05, 0) is 25.8 Å². The lowest BCUT2D eigenvalue weighted by molar-refractivity contribution is -0.141. The summed E-state index contributed by atoms with van der Waals surface area (Å²) < 4.78 is 41.4. The number of carbonyl (C=O) groups is 1. The molecule has 1 aliphatic rings. The number of alkyl halides is 3. The van der Waals surface area contributed by atoms with Crippen LogP contribution in [0.15, 0.2) is 18.3 Å². The van der Waals surface area contributed by atoms with Crippen LogP contribution in [0.25, 0.3) is 0 Å². The van der Waals surface area contributed by atoms with Gasteiger partial charge >= 0.3 is 6.18 Å². The van der Waals surface area contributed by atoms with Crippen molar-refractivity contribution in [2.45, 2.75) is 37.9 Å². The van der Waals surface area contributed by atoms with Gasteiger partial charge in [0.25, 0.3) is 0 Å². The molecular weight excluding hydrogens is 311 g/mol. The molecule has 1 unspecified atom stereocenters. The van der Waals surface area contributed by atoms with Gasteiger partial charge in [0.05, 0.1) is 0 Å². The second kappa shape index (κ2) is 5.39. The maximum Gasteiger partial charge on any atom is 0.435 e. The highest BCUT2D eigenvalue weighted by Crippen LogP contribution is 2.43. The Labute approximate surface area is 130 Å². The Bertz CT molecular complexity index is 729. The van der Waals surface area contributed by atoms with Crippen molar-refractivity contribution in [3.63, 3.8) is 0 Å². The van der Waals surface area contributed by atoms with Crippen LogP contribution in [0.5, 0.6) is 0 Å². The molecule has 124 valence electrons. The fourth-order valence-corrected chi connectivity index (χ4v) is 2.37. The highest BCUT2D eigenvalue weighted by molar-refractivity contribution is 5.92. The normalized spacial score (nSPS) is 16.4. The zero-order valence-corrected chi connectivity index (χ0v) is 12.6. The number of aromatic nitrogens is 4. The number of hydrogen-bond acceptors (Lipinski definition) is 3. The van der Waals surface area contributed by atoms with E-state index in [0.29, 0.717) is 11.5 Å². The summed E-state index contributed by atoms with van der Waals surface area (Å²) in [5.74, 6) is -0.0633. The molecule has 1 aliphatic carbocycles. The quantitative estimate of drug-likeness (QED) is 0.939. The van der Waals surface area contributed by atoms with E-state index in [1.54, 1.807) is 19.3 Å². The molecule has 1 N–H and O–H groups in total. The van der Waals surface area contributed by atoms with Gasteiger partial charge in [0.15, 0.2) is 11.5 Å². The first-order valence-electron chi connectivity index (χ1n) is 7.23. The average molecular weight is 327 g/mol. The van der Waals surface area contributed by atoms with Gasteiger partial charge in [-0.25, -0.2) is 0 Å². The minimum Gasteiger partial charge on any atom is -0.307 e. The molecule has 0 spiro atoms. The number of halogens is 3. The molecule has 1 atom stereocenters. The zero-order chi connectivity index (χ0) is 16.8. The summed E-state index contributed by atoms with van der Waals surface area (Å²) in [6, 6.07) is 1.79. The smallest absolute Gasteiger partial charge is 0.307 e. The van der Waals surface area contributed by atoms with Gasteiger partial charge in [-0.1, -0.05) is 0 Å². The summed E-state index contributed by atoms with van der Waals surface area (Å²) in [5, 5.41) is 10.2. The first-order chi connectivity index (χ1) is 10.8. The van der Waals surface area contributed by atoms with Crippen molar-refractivity contribution in [2.24, 2.45) is 7.05 Å². The van der Waals surface area contributed by atoms with Crippen molar-refractivity contribution >= 4 is 11.7 Å². The van der Waals surface area contributed by atoms with Gasteiger partial charge in [-0.2, -0.15) is 23.4 Å². The number of hydrogen-bond donors (Lipinski definition) is 1. The Morgan fingerprint density at radius 3 is 2.61 bits per heavy atom. The number of nitrogens with one attached hydrogen (secondary N) is 1. The van der Waals surface area contributed by atoms with E-state index in [0.717, 1.165) is 18.9 Å². The first kappa shape index (κ1) is 15.6. The van der Waals surface area contributed by atoms with E-state index in [1.165, 1.54) is 16.3 Å². The molecule has 2 aromatic rings. The number of amides is 1. The number of nitrogens with zero attached hydrogens (tertiary/aromatic N) is 4. The van der Waals surface area contributed by atoms with Gasteiger partial charge in [0.2, 0.25) is 5.91 Å². The molecule has 0 aliphatic heterocycles. The molecule has 0 bridgehead atoms. The van der Waals surface area contributed by atoms with Gasteiger partial charge < -0.3 is 5.32 Å². The number of carbonyl (C=O) groups excluding carboxylic acids is 1.